The molecule has 0 saturated carbocycles. The summed E-state index contributed by atoms with van der Waals surface area (Å²) in [6, 6.07) is 8.77. The summed E-state index contributed by atoms with van der Waals surface area (Å²) < 4.78 is 4.89. The van der Waals surface area contributed by atoms with E-state index in [0.717, 1.165) is 6.54 Å². The maximum absolute atomic E-state index is 2.50. The summed E-state index contributed by atoms with van der Waals surface area (Å²) in [5, 5.41) is 2.26. The van der Waals surface area contributed by atoms with Gasteiger partial charge < -0.3 is 0 Å². The normalized spacial score (nSPS) is 11.7. The predicted molar refractivity (Wildman–Crippen MR) is 86.5 cm³/mol. The van der Waals surface area contributed by atoms with Crippen LogP contribution in [-0.2, 0) is 6.54 Å². The van der Waals surface area contributed by atoms with Gasteiger partial charge in [0.05, 0.1) is 6.54 Å². The van der Waals surface area contributed by atoms with Gasteiger partial charge >= 0.3 is 4.96 Å². The van der Waals surface area contributed by atoms with E-state index in [1.54, 1.807) is 0 Å². The van der Waals surface area contributed by atoms with E-state index in [9.17, 15) is 0 Å². The van der Waals surface area contributed by atoms with Crippen LogP contribution < -0.4 is 4.57 Å². The lowest BCUT2D eigenvalue weighted by molar-refractivity contribution is -0.644. The second kappa shape index (κ2) is 5.96. The number of hydrogen-bond donors (Lipinski definition) is 0. The molecule has 2 aromatic heterocycles. The van der Waals surface area contributed by atoms with E-state index in [1.807, 2.05) is 11.3 Å². The fraction of sp³-hybridized carbons (Fsp3) is 0.471. The fourth-order valence-electron chi connectivity index (χ4n) is 2.95. The maximum Gasteiger partial charge on any atom is 0.346 e. The summed E-state index contributed by atoms with van der Waals surface area (Å²) in [7, 11) is 0. The summed E-state index contributed by atoms with van der Waals surface area (Å²) in [6.07, 6.45) is 6.68. The third kappa shape index (κ3) is 2.35. The van der Waals surface area contributed by atoms with Gasteiger partial charge in [0.15, 0.2) is 11.0 Å². The zero-order chi connectivity index (χ0) is 13.9. The quantitative estimate of drug-likeness (QED) is 0.458. The Bertz CT molecular complexity index is 708. The van der Waals surface area contributed by atoms with Crippen LogP contribution in [0.2, 0.25) is 0 Å². The maximum atomic E-state index is 2.50. The van der Waals surface area contributed by atoms with E-state index < -0.39 is 0 Å². The fourth-order valence-corrected chi connectivity index (χ4v) is 3.99. The molecule has 106 valence electrons. The summed E-state index contributed by atoms with van der Waals surface area (Å²) in [5.41, 5.74) is 4.05. The SMILES string of the molecule is CCCCCCC[n+]1c2ccccc2n2c(C)csc21. The molecule has 3 rings (SSSR count). The smallest absolute Gasteiger partial charge is 0.214 e. The Morgan fingerprint density at radius 1 is 1.10 bits per heavy atom. The van der Waals surface area contributed by atoms with Crippen molar-refractivity contribution in [2.45, 2.75) is 52.5 Å². The van der Waals surface area contributed by atoms with Gasteiger partial charge in [-0.2, -0.15) is 4.40 Å². The van der Waals surface area contributed by atoms with Crippen LogP contribution in [0.5, 0.6) is 0 Å². The second-order valence-electron chi connectivity index (χ2n) is 5.55. The number of fused-ring (bicyclic) bond motifs is 3. The average molecular weight is 287 g/mol. The van der Waals surface area contributed by atoms with Gasteiger partial charge in [0, 0.05) is 5.38 Å². The molecule has 2 nitrogen and oxygen atoms in total. The number of unbranched alkanes of at least 4 members (excludes halogenated alkanes) is 4. The molecule has 0 fully saturated rings. The highest BCUT2D eigenvalue weighted by atomic mass is 32.1. The number of aromatic nitrogens is 2. The Morgan fingerprint density at radius 2 is 1.90 bits per heavy atom. The molecule has 3 heteroatoms. The number of benzene rings is 1. The van der Waals surface area contributed by atoms with Gasteiger partial charge in [-0.05, 0) is 31.9 Å². The van der Waals surface area contributed by atoms with Crippen LogP contribution in [0.15, 0.2) is 29.6 Å². The van der Waals surface area contributed by atoms with Gasteiger partial charge in [0.1, 0.15) is 5.69 Å². The van der Waals surface area contributed by atoms with Gasteiger partial charge in [-0.1, -0.05) is 49.7 Å². The number of imidazole rings is 1. The molecule has 0 N–H and O–H groups in total. The minimum Gasteiger partial charge on any atom is -0.214 e. The van der Waals surface area contributed by atoms with Crippen LogP contribution in [0.25, 0.3) is 16.0 Å². The molecular weight excluding hydrogens is 264 g/mol. The number of hydrogen-bond acceptors (Lipinski definition) is 1. The molecule has 0 aliphatic carbocycles. The molecule has 20 heavy (non-hydrogen) atoms. The topological polar surface area (TPSA) is 8.29 Å². The first-order valence-corrected chi connectivity index (χ1v) is 8.58. The molecule has 0 saturated heterocycles. The lowest BCUT2D eigenvalue weighted by atomic mass is 10.1. The van der Waals surface area contributed by atoms with E-state index in [1.165, 1.54) is 53.8 Å². The summed E-state index contributed by atoms with van der Waals surface area (Å²) in [4.78, 5) is 1.37. The van der Waals surface area contributed by atoms with Crippen LogP contribution in [0, 0.1) is 6.92 Å². The molecule has 0 unspecified atom stereocenters. The van der Waals surface area contributed by atoms with Gasteiger partial charge in [-0.25, -0.2) is 4.57 Å². The Balaban J connectivity index is 1.91. The monoisotopic (exact) mass is 287 g/mol. The van der Waals surface area contributed by atoms with Gasteiger partial charge in [0.2, 0.25) is 0 Å². The van der Waals surface area contributed by atoms with E-state index in [-0.39, 0.29) is 0 Å². The number of thiazole rings is 1. The Morgan fingerprint density at radius 3 is 2.75 bits per heavy atom. The van der Waals surface area contributed by atoms with E-state index in [4.69, 9.17) is 0 Å². The second-order valence-corrected chi connectivity index (χ2v) is 6.39. The van der Waals surface area contributed by atoms with Crippen molar-refractivity contribution in [3.63, 3.8) is 0 Å². The standard InChI is InChI=1S/C17H23N2S/c1-3-4-5-6-9-12-18-15-10-7-8-11-16(15)19-14(2)13-20-17(18)19/h7-8,10-11,13H,3-6,9,12H2,1-2H3/q+1. The van der Waals surface area contributed by atoms with Crippen molar-refractivity contribution in [2.75, 3.05) is 0 Å². The number of nitrogens with zero attached hydrogens (tertiary/aromatic N) is 2. The van der Waals surface area contributed by atoms with E-state index in [0.29, 0.717) is 0 Å². The Hall–Kier alpha value is -1.35. The summed E-state index contributed by atoms with van der Waals surface area (Å²) in [5.74, 6) is 0. The molecular formula is C17H23N2S+. The van der Waals surface area contributed by atoms with Crippen LogP contribution in [0.1, 0.15) is 44.7 Å². The van der Waals surface area contributed by atoms with Crippen molar-refractivity contribution in [3.05, 3.63) is 35.3 Å². The molecule has 0 atom stereocenters. The molecule has 3 aromatic rings. The highest BCUT2D eigenvalue weighted by Crippen LogP contribution is 2.21. The molecule has 0 amide bonds. The lowest BCUT2D eigenvalue weighted by Gasteiger charge is -1.99. The summed E-state index contributed by atoms with van der Waals surface area (Å²) in [6.45, 7) is 5.61. The third-order valence-electron chi connectivity index (χ3n) is 4.01. The minimum absolute atomic E-state index is 1.14. The largest absolute Gasteiger partial charge is 0.346 e. The van der Waals surface area contributed by atoms with Crippen molar-refractivity contribution >= 4 is 27.3 Å². The predicted octanol–water partition coefficient (Wildman–Crippen LogP) is 4.72. The van der Waals surface area contributed by atoms with E-state index >= 15 is 0 Å². The molecule has 2 heterocycles. The molecule has 0 aliphatic rings. The molecule has 0 bridgehead atoms. The molecule has 0 radical (unpaired) electrons. The first kappa shape index (κ1) is 13.6. The van der Waals surface area contributed by atoms with Crippen LogP contribution in [0.4, 0.5) is 0 Å². The molecule has 1 aromatic carbocycles. The minimum atomic E-state index is 1.14. The Labute approximate surface area is 124 Å². The lowest BCUT2D eigenvalue weighted by Crippen LogP contribution is -2.32. The van der Waals surface area contributed by atoms with Crippen LogP contribution in [0.3, 0.4) is 0 Å². The van der Waals surface area contributed by atoms with Crippen molar-refractivity contribution in [3.8, 4) is 0 Å². The first-order chi connectivity index (χ1) is 9.83. The van der Waals surface area contributed by atoms with Gasteiger partial charge in [0.25, 0.3) is 0 Å². The zero-order valence-corrected chi connectivity index (χ0v) is 13.2. The van der Waals surface area contributed by atoms with Crippen molar-refractivity contribution in [1.82, 2.24) is 4.40 Å². The highest BCUT2D eigenvalue weighted by Gasteiger charge is 2.21. The van der Waals surface area contributed by atoms with Crippen LogP contribution >= 0.6 is 11.3 Å². The van der Waals surface area contributed by atoms with Crippen molar-refractivity contribution < 1.29 is 4.57 Å². The number of rotatable bonds is 6. The number of aryl methyl sites for hydroxylation is 2. The van der Waals surface area contributed by atoms with Crippen LogP contribution in [-0.4, -0.2) is 4.40 Å². The van der Waals surface area contributed by atoms with E-state index in [2.05, 4.69) is 52.5 Å². The molecule has 0 aliphatic heterocycles. The first-order valence-electron chi connectivity index (χ1n) is 7.70. The highest BCUT2D eigenvalue weighted by molar-refractivity contribution is 7.14. The zero-order valence-electron chi connectivity index (χ0n) is 12.4. The Kier molecular flexibility index (Phi) is 4.06. The van der Waals surface area contributed by atoms with Gasteiger partial charge in [-0.3, -0.25) is 0 Å². The van der Waals surface area contributed by atoms with Crippen molar-refractivity contribution in [1.29, 1.82) is 0 Å². The number of para-hydroxylation sites is 2. The average Bonchev–Trinajstić information content (AvgIpc) is 2.99. The molecule has 0 spiro atoms. The third-order valence-corrected chi connectivity index (χ3v) is 5.08. The van der Waals surface area contributed by atoms with Gasteiger partial charge in [-0.15, -0.1) is 0 Å². The van der Waals surface area contributed by atoms with Crippen molar-refractivity contribution in [2.24, 2.45) is 0 Å². The summed E-state index contributed by atoms with van der Waals surface area (Å²) >= 11 is 1.86.